The van der Waals surface area contributed by atoms with Gasteiger partial charge in [0.05, 0.1) is 17.0 Å². The van der Waals surface area contributed by atoms with E-state index in [0.717, 1.165) is 10.7 Å². The molecule has 1 atom stereocenters. The number of benzene rings is 1. The highest BCUT2D eigenvalue weighted by Gasteiger charge is 2.18. The van der Waals surface area contributed by atoms with Gasteiger partial charge in [-0.1, -0.05) is 17.8 Å². The average molecular weight is 339 g/mol. The lowest BCUT2D eigenvalue weighted by molar-refractivity contribution is -0.114. The normalized spacial score (nSPS) is 12.1. The molecule has 0 bridgehead atoms. The molecule has 2 aromatic heterocycles. The monoisotopic (exact) mass is 339 g/mol. The number of hydrogen-bond acceptors (Lipinski definition) is 4. The Morgan fingerprint density at radius 2 is 1.92 bits per heavy atom. The van der Waals surface area contributed by atoms with Gasteiger partial charge in [0.2, 0.25) is 5.91 Å². The van der Waals surface area contributed by atoms with E-state index >= 15 is 0 Å². The maximum atomic E-state index is 12.6. The summed E-state index contributed by atoms with van der Waals surface area (Å²) in [6.07, 6.45) is 3.73. The highest BCUT2D eigenvalue weighted by atomic mass is 32.2. The molecule has 122 valence electrons. The minimum Gasteiger partial charge on any atom is -0.326 e. The number of anilines is 1. The van der Waals surface area contributed by atoms with Crippen LogP contribution in [0.2, 0.25) is 0 Å². The largest absolute Gasteiger partial charge is 0.326 e. The summed E-state index contributed by atoms with van der Waals surface area (Å²) in [5.41, 5.74) is 2.29. The summed E-state index contributed by atoms with van der Waals surface area (Å²) < 4.78 is 1.97. The molecule has 24 heavy (non-hydrogen) atoms. The van der Waals surface area contributed by atoms with Crippen LogP contribution in [-0.4, -0.2) is 26.3 Å². The van der Waals surface area contributed by atoms with Crippen molar-refractivity contribution in [3.63, 3.8) is 0 Å². The molecule has 3 aromatic rings. The first-order valence-electron chi connectivity index (χ1n) is 7.55. The molecule has 0 fully saturated rings. The lowest BCUT2D eigenvalue weighted by Crippen LogP contribution is -2.14. The lowest BCUT2D eigenvalue weighted by Gasteiger charge is -2.10. The Morgan fingerprint density at radius 3 is 2.62 bits per heavy atom. The van der Waals surface area contributed by atoms with Crippen molar-refractivity contribution >= 4 is 34.7 Å². The lowest BCUT2D eigenvalue weighted by atomic mass is 10.1. The van der Waals surface area contributed by atoms with Crippen molar-refractivity contribution in [3.05, 3.63) is 60.4 Å². The van der Waals surface area contributed by atoms with Crippen LogP contribution in [0.5, 0.6) is 0 Å². The van der Waals surface area contributed by atoms with E-state index in [1.807, 2.05) is 35.7 Å². The van der Waals surface area contributed by atoms with Crippen molar-refractivity contribution in [1.29, 1.82) is 0 Å². The maximum Gasteiger partial charge on any atom is 0.221 e. The fourth-order valence-electron chi connectivity index (χ4n) is 2.37. The minimum atomic E-state index is -0.262. The van der Waals surface area contributed by atoms with Gasteiger partial charge in [0.25, 0.3) is 0 Å². The molecule has 0 aliphatic heterocycles. The van der Waals surface area contributed by atoms with Gasteiger partial charge in [-0.2, -0.15) is 0 Å². The Morgan fingerprint density at radius 1 is 1.17 bits per heavy atom. The van der Waals surface area contributed by atoms with Gasteiger partial charge < -0.3 is 5.32 Å². The summed E-state index contributed by atoms with van der Waals surface area (Å²) in [7, 11) is 0. The predicted molar refractivity (Wildman–Crippen MR) is 95.6 cm³/mol. The zero-order valence-corrected chi connectivity index (χ0v) is 14.2. The van der Waals surface area contributed by atoms with E-state index in [1.54, 1.807) is 30.5 Å². The molecule has 2 heterocycles. The number of thioether (sulfide) groups is 1. The topological polar surface area (TPSA) is 63.5 Å². The Bertz CT molecular complexity index is 887. The Balaban J connectivity index is 1.73. The van der Waals surface area contributed by atoms with Crippen molar-refractivity contribution in [2.24, 2.45) is 0 Å². The third-order valence-corrected chi connectivity index (χ3v) is 4.63. The molecule has 6 heteroatoms. The second-order valence-electron chi connectivity index (χ2n) is 5.42. The number of aromatic nitrogens is 2. The number of pyridine rings is 1. The summed E-state index contributed by atoms with van der Waals surface area (Å²) in [5.74, 6) is -0.105. The summed E-state index contributed by atoms with van der Waals surface area (Å²) in [6, 6.07) is 12.8. The minimum absolute atomic E-state index is 0.0297. The number of fused-ring (bicyclic) bond motifs is 1. The summed E-state index contributed by atoms with van der Waals surface area (Å²) in [4.78, 5) is 28.0. The van der Waals surface area contributed by atoms with Gasteiger partial charge in [0, 0.05) is 24.4 Å². The first-order chi connectivity index (χ1) is 11.5. The molecular formula is C18H17N3O2S. The molecule has 0 radical (unpaired) electrons. The Hall–Kier alpha value is -2.60. The number of amides is 1. The zero-order valence-electron chi connectivity index (χ0n) is 13.4. The van der Waals surface area contributed by atoms with E-state index < -0.39 is 0 Å². The Kier molecular flexibility index (Phi) is 4.66. The molecule has 1 N–H and O–H groups in total. The van der Waals surface area contributed by atoms with Crippen LogP contribution in [0.3, 0.4) is 0 Å². The van der Waals surface area contributed by atoms with E-state index in [0.29, 0.717) is 11.3 Å². The molecule has 1 amide bonds. The summed E-state index contributed by atoms with van der Waals surface area (Å²) in [5, 5.41) is 3.22. The van der Waals surface area contributed by atoms with Crippen LogP contribution in [0.4, 0.5) is 5.69 Å². The Labute approximate surface area is 144 Å². The van der Waals surface area contributed by atoms with Crippen molar-refractivity contribution in [3.8, 4) is 0 Å². The van der Waals surface area contributed by atoms with Gasteiger partial charge in [-0.3, -0.25) is 14.0 Å². The van der Waals surface area contributed by atoms with Crippen molar-refractivity contribution in [2.75, 3.05) is 5.32 Å². The van der Waals surface area contributed by atoms with Crippen LogP contribution < -0.4 is 5.32 Å². The molecule has 1 aromatic carbocycles. The number of imidazole rings is 1. The van der Waals surface area contributed by atoms with Crippen molar-refractivity contribution in [2.45, 2.75) is 24.3 Å². The van der Waals surface area contributed by atoms with Crippen LogP contribution in [0, 0.1) is 0 Å². The first-order valence-corrected chi connectivity index (χ1v) is 8.43. The third-order valence-electron chi connectivity index (χ3n) is 3.55. The SMILES string of the molecule is CC(=O)Nc1ccc(C(=O)C(C)Sc2ncc3ccccn23)cc1. The molecule has 0 aliphatic carbocycles. The fourth-order valence-corrected chi connectivity index (χ4v) is 3.33. The average Bonchev–Trinajstić information content (AvgIpc) is 2.97. The highest BCUT2D eigenvalue weighted by Crippen LogP contribution is 2.25. The van der Waals surface area contributed by atoms with Gasteiger partial charge >= 0.3 is 0 Å². The van der Waals surface area contributed by atoms with Crippen molar-refractivity contribution < 1.29 is 9.59 Å². The molecule has 5 nitrogen and oxygen atoms in total. The van der Waals surface area contributed by atoms with E-state index in [-0.39, 0.29) is 16.9 Å². The number of Topliss-reactive ketones (excluding diaryl/α,β-unsaturated/α-hetero) is 1. The summed E-state index contributed by atoms with van der Waals surface area (Å²) in [6.45, 7) is 3.32. The van der Waals surface area contributed by atoms with Gasteiger partial charge in [-0.25, -0.2) is 4.98 Å². The van der Waals surface area contributed by atoms with E-state index in [9.17, 15) is 9.59 Å². The number of ketones is 1. The quantitative estimate of drug-likeness (QED) is 0.569. The van der Waals surface area contributed by atoms with Gasteiger partial charge in [-0.05, 0) is 43.3 Å². The van der Waals surface area contributed by atoms with Gasteiger partial charge in [0.1, 0.15) is 0 Å². The third kappa shape index (κ3) is 3.49. The first kappa shape index (κ1) is 16.3. The van der Waals surface area contributed by atoms with Crippen LogP contribution in [0.1, 0.15) is 24.2 Å². The maximum absolute atomic E-state index is 12.6. The molecule has 0 saturated carbocycles. The molecule has 0 aliphatic rings. The molecule has 1 unspecified atom stereocenters. The molecular weight excluding hydrogens is 322 g/mol. The van der Waals surface area contributed by atoms with Crippen LogP contribution in [0.25, 0.3) is 5.52 Å². The second kappa shape index (κ2) is 6.88. The number of nitrogens with zero attached hydrogens (tertiary/aromatic N) is 2. The highest BCUT2D eigenvalue weighted by molar-refractivity contribution is 8.00. The van der Waals surface area contributed by atoms with E-state index in [1.165, 1.54) is 18.7 Å². The summed E-state index contributed by atoms with van der Waals surface area (Å²) >= 11 is 1.43. The van der Waals surface area contributed by atoms with Gasteiger partial charge in [-0.15, -0.1) is 0 Å². The second-order valence-corrected chi connectivity index (χ2v) is 6.73. The number of hydrogen-bond donors (Lipinski definition) is 1. The van der Waals surface area contributed by atoms with Crippen LogP contribution in [0.15, 0.2) is 60.0 Å². The van der Waals surface area contributed by atoms with Crippen LogP contribution in [-0.2, 0) is 4.79 Å². The zero-order chi connectivity index (χ0) is 17.1. The molecule has 0 spiro atoms. The van der Waals surface area contributed by atoms with Gasteiger partial charge in [0.15, 0.2) is 10.9 Å². The predicted octanol–water partition coefficient (Wildman–Crippen LogP) is 3.66. The van der Waals surface area contributed by atoms with Crippen LogP contribution >= 0.6 is 11.8 Å². The number of carbonyl (C=O) groups excluding carboxylic acids is 2. The standard InChI is InChI=1S/C18H17N3O2S/c1-12(24-18-19-11-16-5-3-4-10-21(16)18)17(23)14-6-8-15(9-7-14)20-13(2)22/h3-12H,1-2H3,(H,20,22). The number of rotatable bonds is 5. The van der Waals surface area contributed by atoms with E-state index in [2.05, 4.69) is 10.3 Å². The smallest absolute Gasteiger partial charge is 0.221 e. The number of nitrogens with one attached hydrogen (secondary N) is 1. The molecule has 3 rings (SSSR count). The van der Waals surface area contributed by atoms with E-state index in [4.69, 9.17) is 0 Å². The fraction of sp³-hybridized carbons (Fsp3) is 0.167. The molecule has 0 saturated heterocycles. The number of carbonyl (C=O) groups is 2. The van der Waals surface area contributed by atoms with Crippen molar-refractivity contribution in [1.82, 2.24) is 9.38 Å².